The monoisotopic (exact) mass is 250 g/mol. The van der Waals surface area contributed by atoms with Gasteiger partial charge in [0, 0.05) is 0 Å². The van der Waals surface area contributed by atoms with Crippen LogP contribution >= 0.6 is 0 Å². The Morgan fingerprint density at radius 2 is 0.778 bits per heavy atom. The molecule has 0 fully saturated rings. The maximum absolute atomic E-state index is 8.44. The molecule has 0 aromatic rings. The van der Waals surface area contributed by atoms with Crippen molar-refractivity contribution in [2.45, 2.75) is 0 Å². The Labute approximate surface area is 75.4 Å². The van der Waals surface area contributed by atoms with Crippen LogP contribution in [0.15, 0.2) is 0 Å². The van der Waals surface area contributed by atoms with E-state index in [1.165, 1.54) is 0 Å². The average molecular weight is 251 g/mol. The zero-order valence-corrected chi connectivity index (χ0v) is 7.86. The molecule has 0 heterocycles. The standard InChI is InChI=1S/2H2O3S.Zr/c2*1-4(2)3;/h2*(H2,1,2,3);/q;;+4/p-4. The molecule has 6 nitrogen and oxygen atoms in total. The maximum Gasteiger partial charge on any atom is 4.00 e. The van der Waals surface area contributed by atoms with Gasteiger partial charge in [0.15, 0.2) is 0 Å². The van der Waals surface area contributed by atoms with E-state index in [1.807, 2.05) is 0 Å². The third kappa shape index (κ3) is 425. The van der Waals surface area contributed by atoms with E-state index in [1.54, 1.807) is 0 Å². The predicted octanol–water partition coefficient (Wildman–Crippen LogP) is -2.01. The molecule has 0 spiro atoms. The van der Waals surface area contributed by atoms with Crippen LogP contribution < -0.4 is 0 Å². The van der Waals surface area contributed by atoms with E-state index >= 15 is 0 Å². The molecular formula is O6S2Zr. The van der Waals surface area contributed by atoms with E-state index in [4.69, 9.17) is 26.6 Å². The molecule has 0 rings (SSSR count). The molecule has 0 unspecified atom stereocenters. The van der Waals surface area contributed by atoms with E-state index in [0.717, 1.165) is 0 Å². The molecule has 0 bridgehead atoms. The first kappa shape index (κ1) is 16.5. The first-order chi connectivity index (χ1) is 3.46. The van der Waals surface area contributed by atoms with Crippen LogP contribution in [-0.4, -0.2) is 26.6 Å². The van der Waals surface area contributed by atoms with Crippen LogP contribution in [0.5, 0.6) is 0 Å². The Bertz CT molecular complexity index is 69.1. The normalized spacial score (nSPS) is 7.78. The minimum Gasteiger partial charge on any atom is -0.784 e. The fraction of sp³-hybridized carbons (Fsp3) is 0. The summed E-state index contributed by atoms with van der Waals surface area (Å²) in [5.74, 6) is 0. The fourth-order valence-corrected chi connectivity index (χ4v) is 0. The smallest absolute Gasteiger partial charge is 0.784 e. The van der Waals surface area contributed by atoms with E-state index in [9.17, 15) is 0 Å². The van der Waals surface area contributed by atoms with Crippen molar-refractivity contribution in [3.8, 4) is 0 Å². The second-order valence-electron chi connectivity index (χ2n) is 0.408. The molecule has 0 aromatic heterocycles. The van der Waals surface area contributed by atoms with Crippen molar-refractivity contribution in [3.05, 3.63) is 0 Å². The fourth-order valence-electron chi connectivity index (χ4n) is 0. The van der Waals surface area contributed by atoms with E-state index < -0.39 is 22.7 Å². The molecule has 0 aliphatic heterocycles. The van der Waals surface area contributed by atoms with Crippen molar-refractivity contribution >= 4 is 22.7 Å². The summed E-state index contributed by atoms with van der Waals surface area (Å²) in [6.07, 6.45) is 0. The molecule has 0 N–H and O–H groups in total. The van der Waals surface area contributed by atoms with Crippen molar-refractivity contribution < 1.29 is 52.8 Å². The number of rotatable bonds is 0. The third-order valence-electron chi connectivity index (χ3n) is 0. The van der Waals surface area contributed by atoms with Crippen LogP contribution in [0.25, 0.3) is 0 Å². The van der Waals surface area contributed by atoms with E-state index in [-0.39, 0.29) is 26.2 Å². The summed E-state index contributed by atoms with van der Waals surface area (Å²) in [5, 5.41) is 0. The van der Waals surface area contributed by atoms with Crippen molar-refractivity contribution in [1.29, 1.82) is 0 Å². The van der Waals surface area contributed by atoms with Gasteiger partial charge in [-0.3, -0.25) is 8.42 Å². The van der Waals surface area contributed by atoms with Gasteiger partial charge in [-0.05, 0) is 0 Å². The molecule has 9 heteroatoms. The Balaban J connectivity index is -0.0000000720. The van der Waals surface area contributed by atoms with Crippen molar-refractivity contribution in [1.82, 2.24) is 0 Å². The van der Waals surface area contributed by atoms with Crippen LogP contribution in [0, 0.1) is 0 Å². The van der Waals surface area contributed by atoms with Crippen LogP contribution in [-0.2, 0) is 48.9 Å². The molecule has 0 atom stereocenters. The van der Waals surface area contributed by atoms with Crippen LogP contribution in [0.3, 0.4) is 0 Å². The first-order valence-corrected chi connectivity index (χ1v) is 3.00. The molecule has 52 valence electrons. The maximum atomic E-state index is 8.44. The number of hydrogen-bond donors (Lipinski definition) is 0. The Morgan fingerprint density at radius 3 is 0.778 bits per heavy atom. The number of hydrogen-bond acceptors (Lipinski definition) is 6. The zero-order valence-electron chi connectivity index (χ0n) is 3.77. The molecular weight excluding hydrogens is 251 g/mol. The molecule has 0 aliphatic rings. The van der Waals surface area contributed by atoms with Crippen LogP contribution in [0.4, 0.5) is 0 Å². The van der Waals surface area contributed by atoms with E-state index in [2.05, 4.69) is 0 Å². The Kier molecular flexibility index (Phi) is 21.6. The second kappa shape index (κ2) is 11.8. The Hall–Kier alpha value is 1.02. The molecule has 0 saturated heterocycles. The van der Waals surface area contributed by atoms with Crippen LogP contribution in [0.1, 0.15) is 0 Å². The molecule has 0 amide bonds. The minimum absolute atomic E-state index is 0. The largest absolute Gasteiger partial charge is 4.00 e. The third-order valence-corrected chi connectivity index (χ3v) is 0. The summed E-state index contributed by atoms with van der Waals surface area (Å²) in [6, 6.07) is 0. The van der Waals surface area contributed by atoms with Crippen LogP contribution in [0.2, 0.25) is 0 Å². The summed E-state index contributed by atoms with van der Waals surface area (Å²) in [4.78, 5) is 0. The van der Waals surface area contributed by atoms with Gasteiger partial charge in [-0.1, -0.05) is 0 Å². The van der Waals surface area contributed by atoms with Crippen molar-refractivity contribution in [2.75, 3.05) is 0 Å². The van der Waals surface area contributed by atoms with E-state index in [0.29, 0.717) is 0 Å². The molecule has 0 radical (unpaired) electrons. The summed E-state index contributed by atoms with van der Waals surface area (Å²) in [5.41, 5.74) is 0. The quantitative estimate of drug-likeness (QED) is 0.458. The first-order valence-electron chi connectivity index (χ1n) is 1.00. The summed E-state index contributed by atoms with van der Waals surface area (Å²) in [7, 11) is 0. The molecule has 9 heavy (non-hydrogen) atoms. The van der Waals surface area contributed by atoms with Gasteiger partial charge in [-0.15, -0.1) is 22.7 Å². The summed E-state index contributed by atoms with van der Waals surface area (Å²) >= 11 is -6.22. The van der Waals surface area contributed by atoms with Crippen molar-refractivity contribution in [2.24, 2.45) is 0 Å². The molecule has 0 aromatic carbocycles. The van der Waals surface area contributed by atoms with Gasteiger partial charge in [-0.25, -0.2) is 0 Å². The zero-order chi connectivity index (χ0) is 7.15. The molecule has 0 saturated carbocycles. The van der Waals surface area contributed by atoms with Gasteiger partial charge in [0.25, 0.3) is 0 Å². The summed E-state index contributed by atoms with van der Waals surface area (Å²) < 4.78 is 50.7. The van der Waals surface area contributed by atoms with Crippen molar-refractivity contribution in [3.63, 3.8) is 0 Å². The molecule has 0 aliphatic carbocycles. The Morgan fingerprint density at radius 1 is 0.778 bits per heavy atom. The topological polar surface area (TPSA) is 126 Å². The van der Waals surface area contributed by atoms with Gasteiger partial charge in [-0.2, -0.15) is 0 Å². The SMILES string of the molecule is O=S([O-])[O-].O=S([O-])[O-].[Zr+4]. The summed E-state index contributed by atoms with van der Waals surface area (Å²) in [6.45, 7) is 0. The van der Waals surface area contributed by atoms with Gasteiger partial charge in [0.05, 0.1) is 0 Å². The minimum atomic E-state index is -3.11. The van der Waals surface area contributed by atoms with Gasteiger partial charge in [0.1, 0.15) is 0 Å². The predicted molar refractivity (Wildman–Crippen MR) is 19.4 cm³/mol. The van der Waals surface area contributed by atoms with Gasteiger partial charge < -0.3 is 18.2 Å². The average Bonchev–Trinajstić information content (AvgIpc) is 1.25. The van der Waals surface area contributed by atoms with Gasteiger partial charge >= 0.3 is 26.2 Å². The van der Waals surface area contributed by atoms with Gasteiger partial charge in [0.2, 0.25) is 0 Å². The second-order valence-corrected chi connectivity index (χ2v) is 1.22.